The van der Waals surface area contributed by atoms with Crippen LogP contribution in [0.3, 0.4) is 0 Å². The molecular weight excluding hydrogens is 430 g/mol. The highest BCUT2D eigenvalue weighted by Gasteiger charge is 2.19. The second-order valence-corrected chi connectivity index (χ2v) is 7.83. The van der Waals surface area contributed by atoms with Crippen LogP contribution in [0.25, 0.3) is 0 Å². The molecule has 10 heteroatoms. The highest BCUT2D eigenvalue weighted by molar-refractivity contribution is 7.99. The van der Waals surface area contributed by atoms with Gasteiger partial charge in [0.2, 0.25) is 5.91 Å². The Balaban J connectivity index is 1.55. The zero-order valence-electron chi connectivity index (χ0n) is 18.3. The van der Waals surface area contributed by atoms with Crippen molar-refractivity contribution in [2.75, 3.05) is 25.3 Å². The molecule has 9 nitrogen and oxygen atoms in total. The maximum absolute atomic E-state index is 12.5. The largest absolute Gasteiger partial charge is 0.497 e. The van der Waals surface area contributed by atoms with E-state index in [4.69, 9.17) is 9.47 Å². The molecule has 2 aromatic carbocycles. The van der Waals surface area contributed by atoms with Crippen molar-refractivity contribution in [2.24, 2.45) is 7.05 Å². The molecule has 0 unspecified atom stereocenters. The van der Waals surface area contributed by atoms with Crippen molar-refractivity contribution in [1.29, 1.82) is 0 Å². The van der Waals surface area contributed by atoms with Crippen molar-refractivity contribution >= 4 is 29.3 Å². The van der Waals surface area contributed by atoms with E-state index in [1.807, 2.05) is 6.92 Å². The average Bonchev–Trinajstić information content (AvgIpc) is 3.18. The zero-order valence-corrected chi connectivity index (χ0v) is 19.1. The molecule has 0 saturated carbocycles. The third-order valence-corrected chi connectivity index (χ3v) is 5.68. The standard InChI is InChI=1S/C22H25N5O4S/c1-14(23-21(29)15-5-9-17(30-3)10-6-15)20-25-26-22(27(20)2)32-13-19(28)24-16-7-11-18(31-4)12-8-16/h5-12,14H,13H2,1-4H3,(H,23,29)(H,24,28)/t14-/m0/s1. The van der Waals surface area contributed by atoms with Gasteiger partial charge in [-0.3, -0.25) is 9.59 Å². The first-order chi connectivity index (χ1) is 15.4. The number of ether oxygens (including phenoxy) is 2. The molecule has 3 aromatic rings. The van der Waals surface area contributed by atoms with Crippen molar-refractivity contribution in [3.05, 3.63) is 59.9 Å². The van der Waals surface area contributed by atoms with Crippen LogP contribution >= 0.6 is 11.8 Å². The molecule has 0 aliphatic rings. The molecule has 0 bridgehead atoms. The Bertz CT molecular complexity index is 1070. The Morgan fingerprint density at radius 2 is 1.59 bits per heavy atom. The second-order valence-electron chi connectivity index (χ2n) is 6.89. The minimum Gasteiger partial charge on any atom is -0.497 e. The summed E-state index contributed by atoms with van der Waals surface area (Å²) in [5.74, 6) is 1.77. The van der Waals surface area contributed by atoms with E-state index in [2.05, 4.69) is 20.8 Å². The van der Waals surface area contributed by atoms with Gasteiger partial charge in [-0.25, -0.2) is 0 Å². The fraction of sp³-hybridized carbons (Fsp3) is 0.273. The van der Waals surface area contributed by atoms with E-state index < -0.39 is 0 Å². The number of hydrogen-bond donors (Lipinski definition) is 2. The van der Waals surface area contributed by atoms with Crippen LogP contribution in [0.1, 0.15) is 29.1 Å². The van der Waals surface area contributed by atoms with E-state index in [0.29, 0.717) is 28.0 Å². The molecule has 1 heterocycles. The van der Waals surface area contributed by atoms with Crippen LogP contribution in [-0.2, 0) is 11.8 Å². The first-order valence-electron chi connectivity index (χ1n) is 9.82. The molecule has 0 saturated heterocycles. The molecular formula is C22H25N5O4S. The van der Waals surface area contributed by atoms with Gasteiger partial charge in [-0.1, -0.05) is 11.8 Å². The number of thioether (sulfide) groups is 1. The van der Waals surface area contributed by atoms with Crippen molar-refractivity contribution < 1.29 is 19.1 Å². The lowest BCUT2D eigenvalue weighted by atomic mass is 10.2. The lowest BCUT2D eigenvalue weighted by Crippen LogP contribution is -2.28. The lowest BCUT2D eigenvalue weighted by Gasteiger charge is -2.14. The number of nitrogens with zero attached hydrogens (tertiary/aromatic N) is 3. The first kappa shape index (κ1) is 23.1. The summed E-state index contributed by atoms with van der Waals surface area (Å²) in [7, 11) is 4.96. The lowest BCUT2D eigenvalue weighted by molar-refractivity contribution is -0.113. The Morgan fingerprint density at radius 1 is 1.00 bits per heavy atom. The Hall–Kier alpha value is -3.53. The van der Waals surface area contributed by atoms with E-state index in [1.54, 1.807) is 74.4 Å². The minimum atomic E-state index is -0.371. The fourth-order valence-corrected chi connectivity index (χ4v) is 3.64. The Morgan fingerprint density at radius 3 is 2.19 bits per heavy atom. The number of nitrogens with one attached hydrogen (secondary N) is 2. The summed E-state index contributed by atoms with van der Waals surface area (Å²) in [6.45, 7) is 1.83. The van der Waals surface area contributed by atoms with Crippen LogP contribution in [0.5, 0.6) is 11.5 Å². The summed E-state index contributed by atoms with van der Waals surface area (Å²) in [5, 5.41) is 14.6. The van der Waals surface area contributed by atoms with Gasteiger partial charge in [0.15, 0.2) is 11.0 Å². The molecule has 2 amide bonds. The molecule has 32 heavy (non-hydrogen) atoms. The van der Waals surface area contributed by atoms with Gasteiger partial charge in [-0.05, 0) is 55.5 Å². The summed E-state index contributed by atoms with van der Waals surface area (Å²) in [4.78, 5) is 24.8. The highest BCUT2D eigenvalue weighted by Crippen LogP contribution is 2.21. The number of carbonyl (C=O) groups is 2. The molecule has 168 valence electrons. The second kappa shape index (κ2) is 10.7. The van der Waals surface area contributed by atoms with E-state index in [1.165, 1.54) is 11.8 Å². The van der Waals surface area contributed by atoms with E-state index in [9.17, 15) is 9.59 Å². The predicted octanol–water partition coefficient (Wildman–Crippen LogP) is 3.05. The molecule has 0 aliphatic heterocycles. The van der Waals surface area contributed by atoms with Gasteiger partial charge >= 0.3 is 0 Å². The molecule has 0 radical (unpaired) electrons. The average molecular weight is 456 g/mol. The SMILES string of the molecule is COc1ccc(NC(=O)CSc2nnc([C@H](C)NC(=O)c3ccc(OC)cc3)n2C)cc1. The smallest absolute Gasteiger partial charge is 0.251 e. The minimum absolute atomic E-state index is 0.162. The monoisotopic (exact) mass is 455 g/mol. The topological polar surface area (TPSA) is 107 Å². The van der Waals surface area contributed by atoms with Gasteiger partial charge in [-0.15, -0.1) is 10.2 Å². The van der Waals surface area contributed by atoms with Crippen LogP contribution < -0.4 is 20.1 Å². The fourth-order valence-electron chi connectivity index (χ4n) is 2.92. The Labute approximate surface area is 190 Å². The number of methoxy groups -OCH3 is 2. The van der Waals surface area contributed by atoms with E-state index >= 15 is 0 Å². The maximum Gasteiger partial charge on any atom is 0.251 e. The van der Waals surface area contributed by atoms with Crippen LogP contribution in [-0.4, -0.2) is 46.6 Å². The first-order valence-corrected chi connectivity index (χ1v) is 10.8. The summed E-state index contributed by atoms with van der Waals surface area (Å²) in [5.41, 5.74) is 1.20. The quantitative estimate of drug-likeness (QED) is 0.478. The van der Waals surface area contributed by atoms with Gasteiger partial charge in [0.25, 0.3) is 5.91 Å². The maximum atomic E-state index is 12.5. The molecule has 0 spiro atoms. The van der Waals surface area contributed by atoms with Gasteiger partial charge < -0.3 is 24.7 Å². The van der Waals surface area contributed by atoms with Gasteiger partial charge in [0.05, 0.1) is 26.0 Å². The predicted molar refractivity (Wildman–Crippen MR) is 122 cm³/mol. The van der Waals surface area contributed by atoms with Crippen molar-refractivity contribution in [3.63, 3.8) is 0 Å². The normalized spacial score (nSPS) is 11.5. The number of rotatable bonds is 9. The van der Waals surface area contributed by atoms with Gasteiger partial charge in [0, 0.05) is 18.3 Å². The van der Waals surface area contributed by atoms with Gasteiger partial charge in [-0.2, -0.15) is 0 Å². The molecule has 0 aliphatic carbocycles. The summed E-state index contributed by atoms with van der Waals surface area (Å²) < 4.78 is 12.0. The van der Waals surface area contributed by atoms with Crippen LogP contribution in [0.2, 0.25) is 0 Å². The van der Waals surface area contributed by atoms with Crippen LogP contribution in [0.15, 0.2) is 53.7 Å². The van der Waals surface area contributed by atoms with Crippen LogP contribution in [0.4, 0.5) is 5.69 Å². The molecule has 3 rings (SSSR count). The number of hydrogen-bond acceptors (Lipinski definition) is 7. The number of anilines is 1. The number of benzene rings is 2. The summed E-state index contributed by atoms with van der Waals surface area (Å²) in [6, 6.07) is 13.6. The molecule has 2 N–H and O–H groups in total. The molecule has 1 atom stereocenters. The van der Waals surface area contributed by atoms with E-state index in [-0.39, 0.29) is 23.6 Å². The van der Waals surface area contributed by atoms with Crippen molar-refractivity contribution in [2.45, 2.75) is 18.1 Å². The van der Waals surface area contributed by atoms with Crippen molar-refractivity contribution in [3.8, 4) is 11.5 Å². The molecule has 1 aromatic heterocycles. The Kier molecular flexibility index (Phi) is 7.72. The molecule has 0 fully saturated rings. The van der Waals surface area contributed by atoms with E-state index in [0.717, 1.165) is 5.75 Å². The highest BCUT2D eigenvalue weighted by atomic mass is 32.2. The van der Waals surface area contributed by atoms with Crippen molar-refractivity contribution in [1.82, 2.24) is 20.1 Å². The third kappa shape index (κ3) is 5.79. The summed E-state index contributed by atoms with van der Waals surface area (Å²) in [6.07, 6.45) is 0. The number of carbonyl (C=O) groups excluding carboxylic acids is 2. The van der Waals surface area contributed by atoms with Gasteiger partial charge in [0.1, 0.15) is 11.5 Å². The summed E-state index contributed by atoms with van der Waals surface area (Å²) >= 11 is 1.27. The van der Waals surface area contributed by atoms with Crippen LogP contribution in [0, 0.1) is 0 Å². The zero-order chi connectivity index (χ0) is 23.1. The number of amides is 2. The third-order valence-electron chi connectivity index (χ3n) is 4.66. The number of aromatic nitrogens is 3.